The van der Waals surface area contributed by atoms with Gasteiger partial charge in [0.25, 0.3) is 0 Å². The summed E-state index contributed by atoms with van der Waals surface area (Å²) in [5.41, 5.74) is 2.66. The fraction of sp³-hybridized carbons (Fsp3) is 0.625. The van der Waals surface area contributed by atoms with Crippen molar-refractivity contribution in [2.24, 2.45) is 7.05 Å². The first kappa shape index (κ1) is 6.85. The van der Waals surface area contributed by atoms with Crippen molar-refractivity contribution in [3.05, 3.63) is 17.7 Å². The van der Waals surface area contributed by atoms with Crippen molar-refractivity contribution in [3.8, 4) is 0 Å². The molecule has 0 saturated carbocycles. The van der Waals surface area contributed by atoms with Crippen molar-refractivity contribution >= 4 is 0 Å². The lowest BCUT2D eigenvalue weighted by Crippen LogP contribution is -2.27. The largest absolute Gasteiger partial charge is 0.337 e. The van der Waals surface area contributed by atoms with Crippen molar-refractivity contribution < 1.29 is 0 Å². The highest BCUT2D eigenvalue weighted by molar-refractivity contribution is 5.15. The Morgan fingerprint density at radius 3 is 3.09 bits per heavy atom. The van der Waals surface area contributed by atoms with E-state index in [4.69, 9.17) is 0 Å². The van der Waals surface area contributed by atoms with E-state index in [1.54, 1.807) is 0 Å². The molecule has 1 aromatic heterocycles. The Morgan fingerprint density at radius 1 is 1.45 bits per heavy atom. The van der Waals surface area contributed by atoms with Gasteiger partial charge in [-0.15, -0.1) is 0 Å². The summed E-state index contributed by atoms with van der Waals surface area (Å²) in [6.45, 7) is 2.17. The Hall–Kier alpha value is -0.830. The first-order valence-electron chi connectivity index (χ1n) is 3.95. The number of aryl methyl sites for hydroxylation is 1. The summed E-state index contributed by atoms with van der Waals surface area (Å²) in [6, 6.07) is 0. The molecule has 0 radical (unpaired) electrons. The molecule has 11 heavy (non-hydrogen) atoms. The van der Waals surface area contributed by atoms with Gasteiger partial charge in [0.2, 0.25) is 0 Å². The Bertz CT molecular complexity index is 264. The summed E-state index contributed by atoms with van der Waals surface area (Å²) in [6.07, 6.45) is 3.05. The number of likely N-dealkylation sites (N-methyl/N-ethyl adjacent to an activating group) is 1. The molecule has 3 heteroatoms. The molecule has 2 heterocycles. The molecule has 3 nitrogen and oxygen atoms in total. The zero-order chi connectivity index (χ0) is 7.84. The first-order chi connectivity index (χ1) is 5.27. The van der Waals surface area contributed by atoms with E-state index in [-0.39, 0.29) is 0 Å². The molecule has 0 aliphatic carbocycles. The van der Waals surface area contributed by atoms with E-state index >= 15 is 0 Å². The van der Waals surface area contributed by atoms with Gasteiger partial charge in [0.15, 0.2) is 0 Å². The predicted molar refractivity (Wildman–Crippen MR) is 43.2 cm³/mol. The quantitative estimate of drug-likeness (QED) is 0.535. The highest BCUT2D eigenvalue weighted by Gasteiger charge is 2.16. The molecule has 60 valence electrons. The van der Waals surface area contributed by atoms with E-state index in [0.717, 1.165) is 19.5 Å². The third kappa shape index (κ3) is 1.05. The fourth-order valence-electron chi connectivity index (χ4n) is 1.59. The lowest BCUT2D eigenvalue weighted by Gasteiger charge is -2.21. The second kappa shape index (κ2) is 2.34. The molecule has 0 spiro atoms. The molecule has 1 aromatic rings. The second-order valence-electron chi connectivity index (χ2n) is 3.24. The lowest BCUT2D eigenvalue weighted by atomic mass is 10.1. The molecular weight excluding hydrogens is 138 g/mol. The van der Waals surface area contributed by atoms with E-state index in [1.807, 2.05) is 6.33 Å². The Balaban J connectivity index is 2.36. The van der Waals surface area contributed by atoms with Gasteiger partial charge in [-0.2, -0.15) is 0 Å². The monoisotopic (exact) mass is 151 g/mol. The highest BCUT2D eigenvalue weighted by atomic mass is 15.1. The maximum Gasteiger partial charge on any atom is 0.0949 e. The number of aromatic nitrogens is 2. The van der Waals surface area contributed by atoms with Crippen molar-refractivity contribution in [3.63, 3.8) is 0 Å². The smallest absolute Gasteiger partial charge is 0.0949 e. The van der Waals surface area contributed by atoms with E-state index in [0.29, 0.717) is 0 Å². The van der Waals surface area contributed by atoms with Gasteiger partial charge in [0, 0.05) is 32.3 Å². The van der Waals surface area contributed by atoms with Crippen LogP contribution in [0.1, 0.15) is 11.4 Å². The van der Waals surface area contributed by atoms with Gasteiger partial charge in [0.1, 0.15) is 0 Å². The van der Waals surface area contributed by atoms with Gasteiger partial charge in [-0.25, -0.2) is 4.98 Å². The van der Waals surface area contributed by atoms with Crippen LogP contribution in [0.25, 0.3) is 0 Å². The van der Waals surface area contributed by atoms with E-state index in [2.05, 4.69) is 28.5 Å². The van der Waals surface area contributed by atoms with Crippen LogP contribution in [0.5, 0.6) is 0 Å². The number of hydrogen-bond donors (Lipinski definition) is 0. The molecule has 0 aromatic carbocycles. The number of nitrogens with zero attached hydrogens (tertiary/aromatic N) is 3. The van der Waals surface area contributed by atoms with E-state index < -0.39 is 0 Å². The Labute approximate surface area is 66.6 Å². The molecule has 0 fully saturated rings. The SMILES string of the molecule is CN1CCc2c(ncn2C)C1. The van der Waals surface area contributed by atoms with Crippen molar-refractivity contribution in [2.75, 3.05) is 13.6 Å². The minimum Gasteiger partial charge on any atom is -0.337 e. The normalized spacial score (nSPS) is 18.4. The Morgan fingerprint density at radius 2 is 2.27 bits per heavy atom. The van der Waals surface area contributed by atoms with Crippen LogP contribution in [0.2, 0.25) is 0 Å². The molecular formula is C8H13N3. The number of rotatable bonds is 0. The number of hydrogen-bond acceptors (Lipinski definition) is 2. The van der Waals surface area contributed by atoms with Gasteiger partial charge in [-0.3, -0.25) is 0 Å². The molecule has 0 saturated heterocycles. The third-order valence-corrected chi connectivity index (χ3v) is 2.30. The zero-order valence-electron chi connectivity index (χ0n) is 7.04. The van der Waals surface area contributed by atoms with Crippen LogP contribution in [0, 0.1) is 0 Å². The van der Waals surface area contributed by atoms with Crippen LogP contribution in [0.15, 0.2) is 6.33 Å². The zero-order valence-corrected chi connectivity index (χ0v) is 7.04. The van der Waals surface area contributed by atoms with Gasteiger partial charge >= 0.3 is 0 Å². The fourth-order valence-corrected chi connectivity index (χ4v) is 1.59. The third-order valence-electron chi connectivity index (χ3n) is 2.30. The average molecular weight is 151 g/mol. The minimum absolute atomic E-state index is 1.01. The summed E-state index contributed by atoms with van der Waals surface area (Å²) < 4.78 is 2.13. The number of fused-ring (bicyclic) bond motifs is 1. The topological polar surface area (TPSA) is 21.1 Å². The predicted octanol–water partition coefficient (Wildman–Crippen LogP) is 0.408. The molecule has 1 aliphatic heterocycles. The molecule has 0 unspecified atom stereocenters. The van der Waals surface area contributed by atoms with Gasteiger partial charge in [-0.05, 0) is 7.05 Å². The Kier molecular flexibility index (Phi) is 1.46. The highest BCUT2D eigenvalue weighted by Crippen LogP contribution is 2.14. The first-order valence-corrected chi connectivity index (χ1v) is 3.95. The maximum atomic E-state index is 4.33. The van der Waals surface area contributed by atoms with Crippen LogP contribution in [0.3, 0.4) is 0 Å². The number of imidazole rings is 1. The van der Waals surface area contributed by atoms with Crippen molar-refractivity contribution in [1.82, 2.24) is 14.5 Å². The van der Waals surface area contributed by atoms with E-state index in [1.165, 1.54) is 11.4 Å². The van der Waals surface area contributed by atoms with Crippen LogP contribution in [-0.2, 0) is 20.0 Å². The molecule has 0 bridgehead atoms. The summed E-state index contributed by atoms with van der Waals surface area (Å²) in [5.74, 6) is 0. The van der Waals surface area contributed by atoms with Crippen molar-refractivity contribution in [1.29, 1.82) is 0 Å². The molecule has 0 atom stereocenters. The average Bonchev–Trinajstić information content (AvgIpc) is 2.32. The second-order valence-corrected chi connectivity index (χ2v) is 3.24. The lowest BCUT2D eigenvalue weighted by molar-refractivity contribution is 0.305. The van der Waals surface area contributed by atoms with Gasteiger partial charge in [-0.1, -0.05) is 0 Å². The van der Waals surface area contributed by atoms with Crippen molar-refractivity contribution in [2.45, 2.75) is 13.0 Å². The summed E-state index contributed by atoms with van der Waals surface area (Å²) >= 11 is 0. The summed E-state index contributed by atoms with van der Waals surface area (Å²) in [7, 11) is 4.20. The van der Waals surface area contributed by atoms with E-state index in [9.17, 15) is 0 Å². The molecule has 0 amide bonds. The standard InChI is InChI=1S/C8H13N3/c1-10-4-3-8-7(5-10)9-6-11(8)2/h6H,3-5H2,1-2H3. The van der Waals surface area contributed by atoms with Crippen LogP contribution < -0.4 is 0 Å². The summed E-state index contributed by atoms with van der Waals surface area (Å²) in [5, 5.41) is 0. The van der Waals surface area contributed by atoms with Crippen LogP contribution in [-0.4, -0.2) is 28.0 Å². The molecule has 0 N–H and O–H groups in total. The van der Waals surface area contributed by atoms with Crippen LogP contribution >= 0.6 is 0 Å². The maximum absolute atomic E-state index is 4.33. The van der Waals surface area contributed by atoms with Gasteiger partial charge in [0.05, 0.1) is 12.0 Å². The summed E-state index contributed by atoms with van der Waals surface area (Å²) in [4.78, 5) is 6.63. The molecule has 1 aliphatic rings. The molecule has 2 rings (SSSR count). The minimum atomic E-state index is 1.01. The van der Waals surface area contributed by atoms with Crippen LogP contribution in [0.4, 0.5) is 0 Å². The van der Waals surface area contributed by atoms with Gasteiger partial charge < -0.3 is 9.47 Å².